The van der Waals surface area contributed by atoms with Crippen LogP contribution in [-0.4, -0.2) is 71.9 Å². The highest BCUT2D eigenvalue weighted by atomic mass is 79.9. The van der Waals surface area contributed by atoms with Crippen LogP contribution in [0.15, 0.2) is 59.1 Å². The number of rotatable bonds is 10. The molecule has 13 heteroatoms. The fourth-order valence-corrected chi connectivity index (χ4v) is 6.54. The number of amides is 4. The number of thiophene rings is 1. The number of carbonyl (C=O) groups excluding carboxylic acids is 2. The summed E-state index contributed by atoms with van der Waals surface area (Å²) in [5, 5.41) is 24.5. The molecular weight excluding hydrogens is 628 g/mol. The van der Waals surface area contributed by atoms with Crippen molar-refractivity contribution in [1.29, 1.82) is 0 Å². The summed E-state index contributed by atoms with van der Waals surface area (Å²) in [6, 6.07) is 16.0. The Kier molecular flexibility index (Phi) is 10.4. The van der Waals surface area contributed by atoms with Gasteiger partial charge >= 0.3 is 24.0 Å². The Morgan fingerprint density at radius 3 is 2.43 bits per heavy atom. The monoisotopic (exact) mass is 658 g/mol. The van der Waals surface area contributed by atoms with Crippen molar-refractivity contribution in [2.24, 2.45) is 5.92 Å². The molecule has 42 heavy (non-hydrogen) atoms. The summed E-state index contributed by atoms with van der Waals surface area (Å²) in [5.74, 6) is -2.37. The van der Waals surface area contributed by atoms with Crippen molar-refractivity contribution < 1.29 is 34.1 Å². The van der Waals surface area contributed by atoms with E-state index in [-0.39, 0.29) is 28.6 Å². The number of likely N-dealkylation sites (tertiary alicyclic amines) is 1. The molecule has 0 spiro atoms. The number of aliphatic carboxylic acids is 1. The van der Waals surface area contributed by atoms with Gasteiger partial charge in [0.25, 0.3) is 0 Å². The van der Waals surface area contributed by atoms with E-state index in [2.05, 4.69) is 26.6 Å². The number of piperidine rings is 1. The second kappa shape index (κ2) is 14.2. The normalized spacial score (nSPS) is 13.3. The quantitative estimate of drug-likeness (QED) is 0.214. The number of hydrogen-bond acceptors (Lipinski definition) is 6. The van der Waals surface area contributed by atoms with Crippen LogP contribution in [0.5, 0.6) is 5.75 Å². The van der Waals surface area contributed by atoms with Crippen molar-refractivity contribution in [2.75, 3.05) is 43.0 Å². The number of carboxylic acids is 2. The van der Waals surface area contributed by atoms with Gasteiger partial charge in [-0.05, 0) is 71.4 Å². The second-order valence-corrected chi connectivity index (χ2v) is 11.4. The van der Waals surface area contributed by atoms with Gasteiger partial charge < -0.3 is 30.5 Å². The molecule has 2 heterocycles. The number of ether oxygens (including phenoxy) is 1. The van der Waals surface area contributed by atoms with Crippen molar-refractivity contribution in [1.82, 2.24) is 10.2 Å². The maximum Gasteiger partial charge on any atom is 0.349 e. The zero-order valence-electron chi connectivity index (χ0n) is 22.8. The third-order valence-corrected chi connectivity index (χ3v) is 8.93. The molecule has 1 saturated heterocycles. The Morgan fingerprint density at radius 1 is 1.07 bits per heavy atom. The van der Waals surface area contributed by atoms with Gasteiger partial charge in [-0.15, -0.1) is 11.3 Å². The smallest absolute Gasteiger partial charge is 0.349 e. The highest BCUT2D eigenvalue weighted by molar-refractivity contribution is 9.10. The fraction of sp³-hybridized carbons (Fsp3) is 0.310. The molecule has 0 atom stereocenters. The number of nitrogens with one attached hydrogen (secondary N) is 2. The zero-order valence-corrected chi connectivity index (χ0v) is 25.2. The Morgan fingerprint density at radius 2 is 1.79 bits per heavy atom. The first kappa shape index (κ1) is 30.8. The van der Waals surface area contributed by atoms with Crippen LogP contribution in [0, 0.1) is 5.92 Å². The van der Waals surface area contributed by atoms with E-state index in [1.165, 1.54) is 0 Å². The van der Waals surface area contributed by atoms with E-state index >= 15 is 0 Å². The molecule has 1 aromatic heterocycles. The predicted molar refractivity (Wildman–Crippen MR) is 164 cm³/mol. The summed E-state index contributed by atoms with van der Waals surface area (Å²) in [7, 11) is 0. The summed E-state index contributed by atoms with van der Waals surface area (Å²) in [4.78, 5) is 52.6. The molecule has 222 valence electrons. The second-order valence-electron chi connectivity index (χ2n) is 9.61. The van der Waals surface area contributed by atoms with Crippen LogP contribution in [0.25, 0.3) is 10.4 Å². The molecule has 1 fully saturated rings. The topological polar surface area (TPSA) is 149 Å². The lowest BCUT2D eigenvalue weighted by atomic mass is 9.96. The largest absolute Gasteiger partial charge is 0.479 e. The lowest BCUT2D eigenvalue weighted by molar-refractivity contribution is -0.139. The Bertz CT molecular complexity index is 1440. The summed E-state index contributed by atoms with van der Waals surface area (Å²) in [6.07, 6.45) is 1.45. The molecule has 0 unspecified atom stereocenters. The number of aromatic carboxylic acids is 1. The molecule has 1 aliphatic rings. The van der Waals surface area contributed by atoms with Crippen LogP contribution in [0.2, 0.25) is 0 Å². The van der Waals surface area contributed by atoms with Crippen LogP contribution >= 0.6 is 27.3 Å². The lowest BCUT2D eigenvalue weighted by Crippen LogP contribution is -2.46. The first-order chi connectivity index (χ1) is 20.2. The van der Waals surface area contributed by atoms with Gasteiger partial charge in [-0.2, -0.15) is 0 Å². The highest BCUT2D eigenvalue weighted by Gasteiger charge is 2.28. The van der Waals surface area contributed by atoms with Gasteiger partial charge in [0, 0.05) is 37.6 Å². The standard InChI is InChI=1S/C29H31BrN4O7S/c1-2-31-28(39)34(16-18-11-13-33(14-12-18)29(40)32-20-8-4-3-5-9-20)21-10-6-7-19(15-21)25-23(30)24(41-17-22(35)36)26(42-25)27(37)38/h3-10,15,18H,2,11-14,16-17H2,1H3,(H,31,39)(H,32,40)(H,35,36)(H,37,38). The molecule has 4 rings (SSSR count). The zero-order chi connectivity index (χ0) is 30.2. The Hall–Kier alpha value is -4.10. The number of para-hydroxylation sites is 1. The van der Waals surface area contributed by atoms with Crippen molar-refractivity contribution >= 4 is 62.6 Å². The van der Waals surface area contributed by atoms with Crippen LogP contribution in [0.3, 0.4) is 0 Å². The maximum absolute atomic E-state index is 13.2. The third kappa shape index (κ3) is 7.59. The van der Waals surface area contributed by atoms with Crippen molar-refractivity contribution in [3.05, 3.63) is 63.9 Å². The van der Waals surface area contributed by atoms with Gasteiger partial charge in [-0.1, -0.05) is 30.3 Å². The number of nitrogens with zero attached hydrogens (tertiary/aromatic N) is 2. The number of urea groups is 2. The molecule has 1 aliphatic heterocycles. The Labute approximate surface area is 255 Å². The summed E-state index contributed by atoms with van der Waals surface area (Å²) in [5.41, 5.74) is 1.99. The van der Waals surface area contributed by atoms with Crippen molar-refractivity contribution in [3.63, 3.8) is 0 Å². The molecule has 0 aliphatic carbocycles. The number of benzene rings is 2. The lowest BCUT2D eigenvalue weighted by Gasteiger charge is -2.35. The maximum atomic E-state index is 13.2. The number of anilines is 2. The fourth-order valence-electron chi connectivity index (χ4n) is 4.65. The van der Waals surface area contributed by atoms with Crippen molar-refractivity contribution in [3.8, 4) is 16.2 Å². The summed E-state index contributed by atoms with van der Waals surface area (Å²) < 4.78 is 5.60. The molecule has 0 radical (unpaired) electrons. The van der Waals surface area contributed by atoms with Gasteiger partial charge in [-0.3, -0.25) is 4.90 Å². The number of carbonyl (C=O) groups is 4. The number of halogens is 1. The third-order valence-electron chi connectivity index (χ3n) is 6.70. The molecule has 2 aromatic carbocycles. The van der Waals surface area contributed by atoms with Gasteiger partial charge in [-0.25, -0.2) is 19.2 Å². The average Bonchev–Trinajstić information content (AvgIpc) is 3.32. The van der Waals surface area contributed by atoms with Crippen molar-refractivity contribution in [2.45, 2.75) is 19.8 Å². The molecule has 4 amide bonds. The van der Waals surface area contributed by atoms with E-state index in [4.69, 9.17) is 9.84 Å². The van der Waals surface area contributed by atoms with E-state index in [0.29, 0.717) is 46.8 Å². The van der Waals surface area contributed by atoms with Crippen LogP contribution in [0.4, 0.5) is 21.0 Å². The number of carboxylic acid groups (broad SMARTS) is 2. The minimum atomic E-state index is -1.24. The molecule has 3 aromatic rings. The van der Waals surface area contributed by atoms with Crippen LogP contribution < -0.4 is 20.3 Å². The Balaban J connectivity index is 1.51. The van der Waals surface area contributed by atoms with E-state index < -0.39 is 18.5 Å². The van der Waals surface area contributed by atoms with Crippen LogP contribution in [0.1, 0.15) is 29.4 Å². The first-order valence-electron chi connectivity index (χ1n) is 13.3. The van der Waals surface area contributed by atoms with Gasteiger partial charge in [0.2, 0.25) is 0 Å². The van der Waals surface area contributed by atoms with Gasteiger partial charge in [0.05, 0.1) is 9.35 Å². The van der Waals surface area contributed by atoms with E-state index in [0.717, 1.165) is 29.9 Å². The SMILES string of the molecule is CCNC(=O)N(CC1CCN(C(=O)Nc2ccccc2)CC1)c1cccc(-c2sc(C(=O)O)c(OCC(=O)O)c2Br)c1. The average molecular weight is 660 g/mol. The first-order valence-corrected chi connectivity index (χ1v) is 15.0. The highest BCUT2D eigenvalue weighted by Crippen LogP contribution is 2.46. The molecule has 4 N–H and O–H groups in total. The van der Waals surface area contributed by atoms with E-state index in [9.17, 15) is 24.3 Å². The minimum absolute atomic E-state index is 0.0565. The number of hydrogen-bond donors (Lipinski definition) is 4. The van der Waals surface area contributed by atoms with E-state index in [1.54, 1.807) is 28.0 Å². The van der Waals surface area contributed by atoms with Crippen LogP contribution in [-0.2, 0) is 4.79 Å². The summed E-state index contributed by atoms with van der Waals surface area (Å²) >= 11 is 4.34. The van der Waals surface area contributed by atoms with Gasteiger partial charge in [0.15, 0.2) is 17.2 Å². The molecule has 0 bridgehead atoms. The molecule has 0 saturated carbocycles. The predicted octanol–water partition coefficient (Wildman–Crippen LogP) is 5.82. The molecule has 11 nitrogen and oxygen atoms in total. The van der Waals surface area contributed by atoms with Gasteiger partial charge in [0.1, 0.15) is 0 Å². The summed E-state index contributed by atoms with van der Waals surface area (Å²) in [6.45, 7) is 3.15. The molecular formula is C29H31BrN4O7S. The van der Waals surface area contributed by atoms with E-state index in [1.807, 2.05) is 43.3 Å². The minimum Gasteiger partial charge on any atom is -0.479 e.